The van der Waals surface area contributed by atoms with Crippen LogP contribution >= 0.6 is 0 Å². The van der Waals surface area contributed by atoms with Crippen LogP contribution in [0.5, 0.6) is 5.75 Å². The summed E-state index contributed by atoms with van der Waals surface area (Å²) in [6, 6.07) is 22.7. The molecule has 32 heavy (non-hydrogen) atoms. The Morgan fingerprint density at radius 2 is 1.47 bits per heavy atom. The smallest absolute Gasteiger partial charge is 0.253 e. The summed E-state index contributed by atoms with van der Waals surface area (Å²) in [5.74, 6) is 1.01. The van der Waals surface area contributed by atoms with Crippen LogP contribution in [-0.2, 0) is 13.0 Å². The average Bonchev–Trinajstić information content (AvgIpc) is 3.32. The monoisotopic (exact) mass is 426 g/mol. The number of nitrogens with zero attached hydrogens (tertiary/aromatic N) is 2. The van der Waals surface area contributed by atoms with Crippen LogP contribution in [0.25, 0.3) is 0 Å². The summed E-state index contributed by atoms with van der Waals surface area (Å²) in [4.78, 5) is 29.8. The Morgan fingerprint density at radius 3 is 2.22 bits per heavy atom. The van der Waals surface area contributed by atoms with Gasteiger partial charge in [-0.3, -0.25) is 14.5 Å². The van der Waals surface area contributed by atoms with E-state index >= 15 is 0 Å². The Labute approximate surface area is 188 Å². The zero-order chi connectivity index (χ0) is 21.9. The number of hydrogen-bond donors (Lipinski definition) is 0. The number of fused-ring (bicyclic) bond motifs is 1. The van der Waals surface area contributed by atoms with Crippen molar-refractivity contribution >= 4 is 11.7 Å². The highest BCUT2D eigenvalue weighted by atomic mass is 16.5. The van der Waals surface area contributed by atoms with Gasteiger partial charge in [-0.2, -0.15) is 0 Å². The van der Waals surface area contributed by atoms with Crippen LogP contribution in [-0.4, -0.2) is 54.3 Å². The highest BCUT2D eigenvalue weighted by Crippen LogP contribution is 2.26. The molecule has 0 saturated carbocycles. The predicted octanol–water partition coefficient (Wildman–Crippen LogP) is 3.81. The summed E-state index contributed by atoms with van der Waals surface area (Å²) >= 11 is 0. The largest absolute Gasteiger partial charge is 0.493 e. The van der Waals surface area contributed by atoms with Crippen LogP contribution in [0.15, 0.2) is 72.8 Å². The average molecular weight is 427 g/mol. The second-order valence-corrected chi connectivity index (χ2v) is 8.38. The molecule has 1 saturated heterocycles. The molecule has 5 rings (SSSR count). The number of carbonyl (C=O) groups is 2. The second kappa shape index (κ2) is 8.97. The summed E-state index contributed by atoms with van der Waals surface area (Å²) in [7, 11) is 0. The van der Waals surface area contributed by atoms with E-state index in [-0.39, 0.29) is 11.7 Å². The number of carbonyl (C=O) groups excluding carboxylic acids is 2. The zero-order valence-corrected chi connectivity index (χ0v) is 18.0. The lowest BCUT2D eigenvalue weighted by Crippen LogP contribution is -2.48. The molecular weight excluding hydrogens is 400 g/mol. The van der Waals surface area contributed by atoms with Crippen molar-refractivity contribution in [2.45, 2.75) is 13.0 Å². The van der Waals surface area contributed by atoms with Gasteiger partial charge < -0.3 is 9.64 Å². The molecule has 1 amide bonds. The quantitative estimate of drug-likeness (QED) is 0.582. The molecule has 0 aromatic heterocycles. The maximum absolute atomic E-state index is 13.0. The number of rotatable bonds is 5. The van der Waals surface area contributed by atoms with Gasteiger partial charge in [0.05, 0.1) is 6.61 Å². The molecule has 0 aliphatic carbocycles. The molecule has 0 atom stereocenters. The van der Waals surface area contributed by atoms with E-state index < -0.39 is 0 Å². The number of hydrogen-bond acceptors (Lipinski definition) is 4. The lowest BCUT2D eigenvalue weighted by Gasteiger charge is -2.35. The number of piperazine rings is 1. The van der Waals surface area contributed by atoms with E-state index in [0.717, 1.165) is 38.4 Å². The van der Waals surface area contributed by atoms with Crippen molar-refractivity contribution in [3.63, 3.8) is 0 Å². The van der Waals surface area contributed by atoms with E-state index in [4.69, 9.17) is 4.74 Å². The van der Waals surface area contributed by atoms with Crippen LogP contribution in [0, 0.1) is 0 Å². The molecule has 0 unspecified atom stereocenters. The predicted molar refractivity (Wildman–Crippen MR) is 123 cm³/mol. The Morgan fingerprint density at radius 1 is 0.781 bits per heavy atom. The van der Waals surface area contributed by atoms with Gasteiger partial charge in [0.25, 0.3) is 5.91 Å². The van der Waals surface area contributed by atoms with Crippen molar-refractivity contribution in [1.82, 2.24) is 9.80 Å². The fourth-order valence-electron chi connectivity index (χ4n) is 4.41. The standard InChI is InChI=1S/C27H26N2O3/c30-26(21-4-2-1-3-5-21)22-7-9-23(10-8-22)27(31)29-15-13-28(14-16-29)19-20-6-11-25-24(18-20)12-17-32-25/h1-11,18H,12-17,19H2. The van der Waals surface area contributed by atoms with E-state index in [1.54, 1.807) is 36.4 Å². The maximum Gasteiger partial charge on any atom is 0.253 e. The minimum absolute atomic E-state index is 0.0260. The Hall–Kier alpha value is -3.44. The van der Waals surface area contributed by atoms with Gasteiger partial charge >= 0.3 is 0 Å². The molecule has 0 N–H and O–H groups in total. The molecule has 0 bridgehead atoms. The van der Waals surface area contributed by atoms with Gasteiger partial charge in [0.2, 0.25) is 0 Å². The third-order valence-electron chi connectivity index (χ3n) is 6.25. The molecule has 162 valence electrons. The van der Waals surface area contributed by atoms with Crippen molar-refractivity contribution in [3.05, 3.63) is 101 Å². The SMILES string of the molecule is O=C(c1ccccc1)c1ccc(C(=O)N2CCN(Cc3ccc4c(c3)CCO4)CC2)cc1. The summed E-state index contributed by atoms with van der Waals surface area (Å²) in [6.07, 6.45) is 0.987. The second-order valence-electron chi connectivity index (χ2n) is 8.38. The van der Waals surface area contributed by atoms with Crippen molar-refractivity contribution in [3.8, 4) is 5.75 Å². The summed E-state index contributed by atoms with van der Waals surface area (Å²) < 4.78 is 5.59. The summed E-state index contributed by atoms with van der Waals surface area (Å²) in [5.41, 5.74) is 4.47. The highest BCUT2D eigenvalue weighted by Gasteiger charge is 2.23. The normalized spacial score (nSPS) is 15.8. The third kappa shape index (κ3) is 4.30. The van der Waals surface area contributed by atoms with Gasteiger partial charge in [-0.25, -0.2) is 0 Å². The van der Waals surface area contributed by atoms with Crippen molar-refractivity contribution < 1.29 is 14.3 Å². The first-order valence-corrected chi connectivity index (χ1v) is 11.1. The maximum atomic E-state index is 13.0. The van der Waals surface area contributed by atoms with Crippen LogP contribution < -0.4 is 4.74 Å². The first-order chi connectivity index (χ1) is 15.7. The molecule has 2 aliphatic rings. The third-order valence-corrected chi connectivity index (χ3v) is 6.25. The Bertz CT molecular complexity index is 1120. The molecule has 2 aliphatic heterocycles. The number of ketones is 1. The molecule has 3 aromatic carbocycles. The molecule has 1 fully saturated rings. The minimum Gasteiger partial charge on any atom is -0.493 e. The minimum atomic E-state index is -0.0312. The van der Waals surface area contributed by atoms with Gasteiger partial charge in [-0.15, -0.1) is 0 Å². The summed E-state index contributed by atoms with van der Waals surface area (Å²) in [6.45, 7) is 4.79. The van der Waals surface area contributed by atoms with Gasteiger partial charge in [-0.05, 0) is 29.3 Å². The van der Waals surface area contributed by atoms with E-state index in [1.807, 2.05) is 23.1 Å². The number of benzene rings is 3. The van der Waals surface area contributed by atoms with Gasteiger partial charge in [0.15, 0.2) is 5.78 Å². The van der Waals surface area contributed by atoms with Crippen molar-refractivity contribution in [2.75, 3.05) is 32.8 Å². The number of amides is 1. The molecule has 5 heteroatoms. The van der Waals surface area contributed by atoms with Crippen molar-refractivity contribution in [2.24, 2.45) is 0 Å². The van der Waals surface area contributed by atoms with Gasteiger partial charge in [0, 0.05) is 55.8 Å². The fraction of sp³-hybridized carbons (Fsp3) is 0.259. The van der Waals surface area contributed by atoms with Gasteiger partial charge in [-0.1, -0.05) is 54.6 Å². The van der Waals surface area contributed by atoms with Crippen LogP contribution in [0.3, 0.4) is 0 Å². The van der Waals surface area contributed by atoms with Crippen LogP contribution in [0.1, 0.15) is 37.4 Å². The first kappa shape index (κ1) is 20.5. The number of ether oxygens (including phenoxy) is 1. The Kier molecular flexibility index (Phi) is 5.73. The molecule has 0 radical (unpaired) electrons. The molecular formula is C27H26N2O3. The highest BCUT2D eigenvalue weighted by molar-refractivity contribution is 6.09. The van der Waals surface area contributed by atoms with E-state index in [1.165, 1.54) is 11.1 Å². The molecule has 5 nitrogen and oxygen atoms in total. The lowest BCUT2D eigenvalue weighted by atomic mass is 10.0. The van der Waals surface area contributed by atoms with E-state index in [9.17, 15) is 9.59 Å². The topological polar surface area (TPSA) is 49.9 Å². The molecule has 0 spiro atoms. The fourth-order valence-corrected chi connectivity index (χ4v) is 4.41. The summed E-state index contributed by atoms with van der Waals surface area (Å²) in [5, 5.41) is 0. The first-order valence-electron chi connectivity index (χ1n) is 11.1. The van der Waals surface area contributed by atoms with Gasteiger partial charge in [0.1, 0.15) is 5.75 Å². The van der Waals surface area contributed by atoms with E-state index in [0.29, 0.717) is 29.8 Å². The Balaban J connectivity index is 1.17. The lowest BCUT2D eigenvalue weighted by molar-refractivity contribution is 0.0628. The van der Waals surface area contributed by atoms with Crippen LogP contribution in [0.4, 0.5) is 0 Å². The van der Waals surface area contributed by atoms with Crippen LogP contribution in [0.2, 0.25) is 0 Å². The molecule has 3 aromatic rings. The van der Waals surface area contributed by atoms with Crippen molar-refractivity contribution in [1.29, 1.82) is 0 Å². The van der Waals surface area contributed by atoms with E-state index in [2.05, 4.69) is 23.1 Å². The molecule has 2 heterocycles. The zero-order valence-electron chi connectivity index (χ0n) is 18.0.